The van der Waals surface area contributed by atoms with Crippen molar-refractivity contribution in [3.63, 3.8) is 0 Å². The SMILES string of the molecule is Cc1ccc2[nH]cc(CCn3c([O-])cc4nn(-c5nc6ccccc6s5)c(=O)c-4c3C)c2c1. The van der Waals surface area contributed by atoms with E-state index >= 15 is 0 Å². The van der Waals surface area contributed by atoms with Crippen molar-refractivity contribution in [2.75, 3.05) is 0 Å². The highest BCUT2D eigenvalue weighted by Crippen LogP contribution is 2.29. The Balaban J connectivity index is 1.40. The zero-order valence-corrected chi connectivity index (χ0v) is 18.9. The van der Waals surface area contributed by atoms with Crippen molar-refractivity contribution in [3.8, 4) is 22.3 Å². The number of aromatic nitrogens is 5. The van der Waals surface area contributed by atoms with Gasteiger partial charge in [-0.15, -0.1) is 0 Å². The highest BCUT2D eigenvalue weighted by Gasteiger charge is 2.22. The second kappa shape index (κ2) is 7.31. The minimum atomic E-state index is -0.252. The summed E-state index contributed by atoms with van der Waals surface area (Å²) in [6, 6.07) is 15.5. The maximum Gasteiger partial charge on any atom is 0.284 e. The number of nitrogens with one attached hydrogen (secondary N) is 1. The molecule has 2 aromatic heterocycles. The average Bonchev–Trinajstić information content (AvgIpc) is 3.48. The number of pyridine rings is 1. The second-order valence-corrected chi connectivity index (χ2v) is 9.28. The highest BCUT2D eigenvalue weighted by molar-refractivity contribution is 7.20. The van der Waals surface area contributed by atoms with E-state index in [2.05, 4.69) is 40.2 Å². The number of aryl methyl sites for hydroxylation is 2. The molecule has 0 saturated heterocycles. The van der Waals surface area contributed by atoms with Crippen molar-refractivity contribution >= 4 is 32.5 Å². The summed E-state index contributed by atoms with van der Waals surface area (Å²) in [6.07, 6.45) is 2.67. The number of H-pyrrole nitrogens is 1. The zero-order chi connectivity index (χ0) is 22.7. The van der Waals surface area contributed by atoms with Gasteiger partial charge in [0.1, 0.15) is 0 Å². The van der Waals surface area contributed by atoms with Gasteiger partial charge in [-0.2, -0.15) is 9.78 Å². The van der Waals surface area contributed by atoms with Crippen molar-refractivity contribution in [2.45, 2.75) is 26.8 Å². The van der Waals surface area contributed by atoms with Crippen LogP contribution in [0.3, 0.4) is 0 Å². The molecule has 33 heavy (non-hydrogen) atoms. The van der Waals surface area contributed by atoms with Gasteiger partial charge in [-0.3, -0.25) is 4.79 Å². The van der Waals surface area contributed by atoms with Crippen molar-refractivity contribution in [2.24, 2.45) is 0 Å². The first-order valence-corrected chi connectivity index (χ1v) is 11.5. The van der Waals surface area contributed by atoms with Crippen LogP contribution in [0.4, 0.5) is 0 Å². The summed E-state index contributed by atoms with van der Waals surface area (Å²) in [4.78, 5) is 21.1. The van der Waals surface area contributed by atoms with Crippen molar-refractivity contribution in [1.29, 1.82) is 0 Å². The van der Waals surface area contributed by atoms with Gasteiger partial charge in [0.15, 0.2) is 0 Å². The van der Waals surface area contributed by atoms with E-state index in [0.717, 1.165) is 26.7 Å². The first kappa shape index (κ1) is 19.8. The predicted molar refractivity (Wildman–Crippen MR) is 129 cm³/mol. The molecule has 4 heterocycles. The number of hydrogen-bond acceptors (Lipinski definition) is 5. The molecule has 0 atom stereocenters. The molecule has 2 aromatic carbocycles. The molecule has 0 bridgehead atoms. The van der Waals surface area contributed by atoms with Gasteiger partial charge in [0.25, 0.3) is 5.56 Å². The van der Waals surface area contributed by atoms with Crippen LogP contribution < -0.4 is 10.7 Å². The van der Waals surface area contributed by atoms with E-state index in [9.17, 15) is 9.90 Å². The fourth-order valence-electron chi connectivity index (χ4n) is 4.44. The van der Waals surface area contributed by atoms with Crippen LogP contribution >= 0.6 is 11.3 Å². The van der Waals surface area contributed by atoms with Gasteiger partial charge in [0.2, 0.25) is 5.13 Å². The van der Waals surface area contributed by atoms with Crippen LogP contribution in [0, 0.1) is 13.8 Å². The Morgan fingerprint density at radius 1 is 1.12 bits per heavy atom. The second-order valence-electron chi connectivity index (χ2n) is 8.27. The molecule has 0 saturated carbocycles. The van der Waals surface area contributed by atoms with Gasteiger partial charge in [0, 0.05) is 29.3 Å². The third kappa shape index (κ3) is 3.14. The maximum atomic E-state index is 13.3. The molecular weight excluding hydrogens is 434 g/mol. The number of benzene rings is 2. The van der Waals surface area contributed by atoms with E-state index in [4.69, 9.17) is 0 Å². The summed E-state index contributed by atoms with van der Waals surface area (Å²) in [6.45, 7) is 4.36. The molecule has 0 radical (unpaired) electrons. The number of rotatable bonds is 4. The molecule has 0 aliphatic carbocycles. The standard InChI is InChI=1S/C25H21N5O2S/c1-14-7-8-18-17(11-14)16(13-26-18)9-10-29-15(2)23-20(12-22(29)31)28-30(24(23)32)25-27-19-5-3-4-6-21(19)33-25/h3-8,11-13,26,31H,9-10H2,1-2H3/p-1. The third-order valence-electron chi connectivity index (χ3n) is 6.15. The van der Waals surface area contributed by atoms with Crippen molar-refractivity contribution < 1.29 is 5.11 Å². The summed E-state index contributed by atoms with van der Waals surface area (Å²) in [5, 5.41) is 19.0. The van der Waals surface area contributed by atoms with Gasteiger partial charge in [-0.05, 0) is 62.0 Å². The molecule has 1 N–H and O–H groups in total. The minimum absolute atomic E-state index is 0.162. The fourth-order valence-corrected chi connectivity index (χ4v) is 5.36. The molecule has 2 aliphatic heterocycles. The Hall–Kier alpha value is -3.91. The molecular formula is C25H20N5O2S-. The number of para-hydroxylation sites is 1. The van der Waals surface area contributed by atoms with Crippen molar-refractivity contribution in [3.05, 3.63) is 81.9 Å². The summed E-state index contributed by atoms with van der Waals surface area (Å²) in [5.41, 5.74) is 5.48. The van der Waals surface area contributed by atoms with Crippen LogP contribution in [-0.4, -0.2) is 24.3 Å². The van der Waals surface area contributed by atoms with Crippen LogP contribution in [0.5, 0.6) is 5.88 Å². The lowest BCUT2D eigenvalue weighted by molar-refractivity contribution is -0.279. The van der Waals surface area contributed by atoms with Gasteiger partial charge in [0.05, 0.1) is 21.5 Å². The van der Waals surface area contributed by atoms with Gasteiger partial charge in [-0.1, -0.05) is 35.1 Å². The number of thiazole rings is 1. The Morgan fingerprint density at radius 2 is 1.97 bits per heavy atom. The number of nitrogens with zero attached hydrogens (tertiary/aromatic N) is 4. The lowest BCUT2D eigenvalue weighted by atomic mass is 10.1. The molecule has 0 fully saturated rings. The highest BCUT2D eigenvalue weighted by atomic mass is 32.1. The molecule has 0 spiro atoms. The maximum absolute atomic E-state index is 13.3. The topological polar surface area (TPSA) is 91.6 Å². The van der Waals surface area contributed by atoms with E-state index < -0.39 is 0 Å². The van der Waals surface area contributed by atoms with E-state index in [1.807, 2.05) is 37.4 Å². The third-order valence-corrected chi connectivity index (χ3v) is 7.17. The lowest BCUT2D eigenvalue weighted by Gasteiger charge is -2.22. The van der Waals surface area contributed by atoms with Crippen LogP contribution in [0.2, 0.25) is 0 Å². The molecule has 6 rings (SSSR count). The van der Waals surface area contributed by atoms with Crippen molar-refractivity contribution in [1.82, 2.24) is 24.3 Å². The number of hydrogen-bond donors (Lipinski definition) is 1. The smallest absolute Gasteiger partial charge is 0.284 e. The molecule has 164 valence electrons. The minimum Gasteiger partial charge on any atom is -0.860 e. The van der Waals surface area contributed by atoms with Gasteiger partial charge < -0.3 is 14.7 Å². The van der Waals surface area contributed by atoms with Crippen LogP contribution in [-0.2, 0) is 13.0 Å². The lowest BCUT2D eigenvalue weighted by Crippen LogP contribution is -2.18. The number of fused-ring (bicyclic) bond motifs is 3. The Kier molecular flexibility index (Phi) is 4.38. The van der Waals surface area contributed by atoms with Crippen LogP contribution in [0.25, 0.3) is 37.5 Å². The normalized spacial score (nSPS) is 11.8. The Labute approximate surface area is 192 Å². The van der Waals surface area contributed by atoms with Gasteiger partial charge >= 0.3 is 0 Å². The average molecular weight is 455 g/mol. The van der Waals surface area contributed by atoms with Gasteiger partial charge in [-0.25, -0.2) is 4.98 Å². The first-order chi connectivity index (χ1) is 16.0. The zero-order valence-electron chi connectivity index (χ0n) is 18.1. The van der Waals surface area contributed by atoms with Crippen LogP contribution in [0.1, 0.15) is 16.8 Å². The molecule has 2 aliphatic rings. The largest absolute Gasteiger partial charge is 0.860 e. The van der Waals surface area contributed by atoms with E-state index in [-0.39, 0.29) is 11.4 Å². The summed E-state index contributed by atoms with van der Waals surface area (Å²) in [7, 11) is 0. The Morgan fingerprint density at radius 3 is 2.82 bits per heavy atom. The monoisotopic (exact) mass is 454 g/mol. The van der Waals surface area contributed by atoms with E-state index in [1.165, 1.54) is 27.6 Å². The number of aromatic amines is 1. The predicted octanol–water partition coefficient (Wildman–Crippen LogP) is 4.16. The molecule has 0 amide bonds. The van der Waals surface area contributed by atoms with Crippen LogP contribution in [0.15, 0.2) is 59.5 Å². The summed E-state index contributed by atoms with van der Waals surface area (Å²) < 4.78 is 3.97. The summed E-state index contributed by atoms with van der Waals surface area (Å²) >= 11 is 1.41. The fraction of sp³-hybridized carbons (Fsp3) is 0.160. The molecule has 8 heteroatoms. The molecule has 0 unspecified atom stereocenters. The first-order valence-electron chi connectivity index (χ1n) is 10.7. The Bertz CT molecular complexity index is 1650. The quantitative estimate of drug-likeness (QED) is 0.433. The van der Waals surface area contributed by atoms with E-state index in [0.29, 0.717) is 35.0 Å². The molecule has 7 nitrogen and oxygen atoms in total. The summed E-state index contributed by atoms with van der Waals surface area (Å²) in [5.74, 6) is -0.162. The van der Waals surface area contributed by atoms with E-state index in [1.54, 1.807) is 4.57 Å². The molecule has 4 aromatic rings.